The number of pyridine rings is 1. The van der Waals surface area contributed by atoms with Crippen molar-refractivity contribution < 1.29 is 96.2 Å². The van der Waals surface area contributed by atoms with Crippen molar-refractivity contribution in [2.45, 2.75) is 218 Å². The number of nitrogens with two attached hydrogens (primary N) is 2. The van der Waals surface area contributed by atoms with Crippen LogP contribution in [0.25, 0.3) is 33.3 Å². The Hall–Kier alpha value is -9.73. The third-order valence-corrected chi connectivity index (χ3v) is 26.8. The number of methoxy groups -OCH3 is 2. The van der Waals surface area contributed by atoms with Crippen LogP contribution in [0.15, 0.2) is 103 Å². The number of ketones is 3. The van der Waals surface area contributed by atoms with E-state index in [0.29, 0.717) is 179 Å². The Labute approximate surface area is 765 Å². The zero-order valence-corrected chi connectivity index (χ0v) is 77.0. The molecule has 15 atom stereocenters. The van der Waals surface area contributed by atoms with Gasteiger partial charge in [-0.15, -0.1) is 0 Å². The number of esters is 1. The number of hydrogen-bond acceptors (Lipinski definition) is 30. The third kappa shape index (κ3) is 25.8. The summed E-state index contributed by atoms with van der Waals surface area (Å²) in [7, 11) is 3.11. The van der Waals surface area contributed by atoms with Crippen LogP contribution in [0, 0.1) is 29.6 Å². The highest BCUT2D eigenvalue weighted by Gasteiger charge is 2.53. The molecule has 8 N–H and O–H groups in total. The Morgan fingerprint density at radius 1 is 0.710 bits per heavy atom. The molecule has 0 unspecified atom stereocenters. The summed E-state index contributed by atoms with van der Waals surface area (Å²) in [4.78, 5) is 135. The average Bonchev–Trinajstić information content (AvgIpc) is 1.74. The molecule has 7 aliphatic rings. The molecule has 11 heterocycles. The minimum absolute atomic E-state index is 0.00147. The van der Waals surface area contributed by atoms with Gasteiger partial charge in [-0.1, -0.05) is 82.4 Å². The Bertz CT molecular complexity index is 5010. The van der Waals surface area contributed by atoms with E-state index in [1.165, 1.54) is 24.9 Å². The third-order valence-electron chi connectivity index (χ3n) is 26.8. The number of anilines is 2. The van der Waals surface area contributed by atoms with Gasteiger partial charge in [0.1, 0.15) is 59.7 Å². The molecule has 1 aliphatic carbocycles. The van der Waals surface area contributed by atoms with E-state index in [1.807, 2.05) is 72.1 Å². The van der Waals surface area contributed by atoms with Gasteiger partial charge in [0.15, 0.2) is 11.4 Å². The van der Waals surface area contributed by atoms with Gasteiger partial charge in [-0.3, -0.25) is 28.9 Å². The molecule has 35 heteroatoms. The fourth-order valence-corrected chi connectivity index (χ4v) is 18.8. The van der Waals surface area contributed by atoms with Crippen molar-refractivity contribution in [2.24, 2.45) is 35.3 Å². The first-order valence-corrected chi connectivity index (χ1v) is 46.6. The predicted molar refractivity (Wildman–Crippen MR) is 486 cm³/mol. The van der Waals surface area contributed by atoms with E-state index in [-0.39, 0.29) is 62.1 Å². The Kier molecular flexibility index (Phi) is 35.6. The van der Waals surface area contributed by atoms with Crippen LogP contribution < -0.4 is 16.4 Å². The molecule has 131 heavy (non-hydrogen) atoms. The number of fused-ring (bicyclic) bond motifs is 7. The molecule has 2 bridgehead atoms. The number of nitrogen functional groups attached to an aromatic ring is 1. The van der Waals surface area contributed by atoms with Gasteiger partial charge in [0, 0.05) is 151 Å². The van der Waals surface area contributed by atoms with Crippen LogP contribution in [0.1, 0.15) is 153 Å². The van der Waals surface area contributed by atoms with Crippen molar-refractivity contribution in [2.75, 3.05) is 143 Å². The number of carbonyl (C=O) groups is 7. The number of piperazine rings is 1. The number of Topliss-reactive ketones (excluding diaryl/α,β-unsaturated/α-hetero) is 3. The summed E-state index contributed by atoms with van der Waals surface area (Å²) in [6.07, 6.45) is 15.5. The molecule has 13 rings (SSSR count). The van der Waals surface area contributed by atoms with Crippen LogP contribution in [0.3, 0.4) is 0 Å². The minimum atomic E-state index is -2.51. The maximum Gasteiger partial charge on any atom is 0.410 e. The number of nitrogens with one attached hydrogen (secondary N) is 1. The van der Waals surface area contributed by atoms with E-state index in [9.17, 15) is 48.9 Å². The van der Waals surface area contributed by atoms with Crippen molar-refractivity contribution in [3.05, 3.63) is 131 Å². The number of amides is 3. The smallest absolute Gasteiger partial charge is 0.410 e. The lowest BCUT2D eigenvalue weighted by Crippen LogP contribution is -2.61. The molecule has 0 radical (unpaired) electrons. The Morgan fingerprint density at radius 3 is 2.19 bits per heavy atom. The van der Waals surface area contributed by atoms with Crippen LogP contribution in [0.2, 0.25) is 0 Å². The maximum absolute atomic E-state index is 14.8. The number of piperidine rings is 1. The van der Waals surface area contributed by atoms with Gasteiger partial charge in [-0.05, 0) is 136 Å². The van der Waals surface area contributed by atoms with Crippen molar-refractivity contribution in [3.8, 4) is 11.3 Å². The Balaban J connectivity index is 0.494. The van der Waals surface area contributed by atoms with E-state index in [4.69, 9.17) is 73.9 Å². The van der Waals surface area contributed by atoms with Crippen molar-refractivity contribution >= 4 is 75.1 Å². The topological polar surface area (TPSA) is 439 Å². The summed E-state index contributed by atoms with van der Waals surface area (Å²) < 4.78 is 61.3. The van der Waals surface area contributed by atoms with Gasteiger partial charge in [0.05, 0.1) is 115 Å². The second-order valence-corrected chi connectivity index (χ2v) is 36.1. The number of ether oxygens (including phenoxy) is 10. The number of rotatable bonds is 28. The summed E-state index contributed by atoms with van der Waals surface area (Å²) in [5, 5.41) is 41.4. The summed E-state index contributed by atoms with van der Waals surface area (Å²) in [5.41, 5.74) is 22.5. The lowest BCUT2D eigenvalue weighted by atomic mass is 9.80. The van der Waals surface area contributed by atoms with Crippen LogP contribution in [0.4, 0.5) is 16.6 Å². The van der Waals surface area contributed by atoms with Gasteiger partial charge >= 0.3 is 12.1 Å². The molecule has 6 aromatic rings. The van der Waals surface area contributed by atoms with E-state index in [0.717, 1.165) is 88.6 Å². The fraction of sp³-hybridized carbons (Fsp3) is 0.615. The molecule has 1 saturated carbocycles. The van der Waals surface area contributed by atoms with Crippen LogP contribution >= 0.6 is 0 Å². The highest BCUT2D eigenvalue weighted by molar-refractivity contribution is 6.39. The summed E-state index contributed by atoms with van der Waals surface area (Å²) in [6, 6.07) is 8.11. The second kappa shape index (κ2) is 47.3. The lowest BCUT2D eigenvalue weighted by molar-refractivity contribution is -0.265. The average molecular weight is 1820 g/mol. The highest BCUT2D eigenvalue weighted by atomic mass is 16.6. The van der Waals surface area contributed by atoms with Crippen molar-refractivity contribution in [1.29, 1.82) is 0 Å². The second-order valence-electron chi connectivity index (χ2n) is 36.1. The molecule has 6 aliphatic heterocycles. The molecule has 4 fully saturated rings. The first kappa shape index (κ1) is 98.8. The van der Waals surface area contributed by atoms with E-state index in [2.05, 4.69) is 47.9 Å². The molecular weight excluding hydrogens is 1680 g/mol. The quantitative estimate of drug-likeness (QED) is 0.0118. The number of H-pyrrole nitrogens is 1. The zero-order valence-electron chi connectivity index (χ0n) is 77.0. The van der Waals surface area contributed by atoms with Gasteiger partial charge in [-0.25, -0.2) is 39.2 Å². The van der Waals surface area contributed by atoms with E-state index in [1.54, 1.807) is 52.3 Å². The van der Waals surface area contributed by atoms with Crippen LogP contribution in [-0.2, 0) is 109 Å². The number of aliphatic hydroxyl groups excluding tert-OH is 2. The van der Waals surface area contributed by atoms with Crippen LogP contribution in [-0.4, -0.2) is 309 Å². The molecule has 35 nitrogen and oxygen atoms in total. The summed E-state index contributed by atoms with van der Waals surface area (Å²) in [5.74, 6) is -8.20. The zero-order chi connectivity index (χ0) is 92.8. The first-order valence-electron chi connectivity index (χ1n) is 46.6. The number of hydrogen-bond donors (Lipinski definition) is 6. The number of aliphatic hydroxyl groups is 3. The number of cyclic esters (lactones) is 1. The van der Waals surface area contributed by atoms with Gasteiger partial charge in [0.2, 0.25) is 17.6 Å². The largest absolute Gasteiger partial charge is 0.459 e. The minimum Gasteiger partial charge on any atom is -0.459 e. The van der Waals surface area contributed by atoms with E-state index < -0.39 is 120 Å². The van der Waals surface area contributed by atoms with Crippen LogP contribution in [0.5, 0.6) is 0 Å². The van der Waals surface area contributed by atoms with Gasteiger partial charge in [-0.2, -0.15) is 5.10 Å². The normalized spacial score (nSPS) is 27.3. The highest BCUT2D eigenvalue weighted by Crippen LogP contribution is 2.40. The fourth-order valence-electron chi connectivity index (χ4n) is 18.8. The maximum atomic E-state index is 14.8. The monoisotopic (exact) mass is 1820 g/mol. The Morgan fingerprint density at radius 2 is 1.44 bits per heavy atom. The standard InChI is InChI=1S/C96H133N15O20/c1-60-14-10-9-11-15-61(2)79(122-7)52-73-21-17-65(6)96(121,131-73)88(117)92(118)110-28-13-12-16-76(110)93(119)129-80(53-77(112)62(3)47-64(5)86(115)87(116)85(114)63(4)46-60)74(97)49-66-19-22-78(81(50-66)123-8)130-95(120)109-30-25-75-72(58-109)55-101-94(104-75)107-33-31-106(32-34-107)35-37-125-39-41-127-43-45-128-44-42-126-40-38-124-36-26-82(113)108-29-24-68-48-67(18-20-70(68)57-108)56-111-91-83(89(98)102-59-103-91)84(105-111)71-51-69-23-27-99-90(69)100-54-71/h9-11,14-15,18,20,23,27,47-48,51,54-55,59-60,62-63,65-66,73-74,76,78-81,86-87,115-116,121H,12-13,16-17,19,21-22,24-26,28-46,49-50,52-53,56-58,97H2,1-8H3,(H,99,100)(H2,98,102,103)/b11-9?,14-10+,61-15?,64-47+/t60-,62-,63-,65-,66+,73+,74-,76+,78-,79+,80+,81-,86-,87+,96-/m1/s1. The molecular formula is C96H133N15O20. The molecule has 712 valence electrons. The van der Waals surface area contributed by atoms with Gasteiger partial charge in [0.25, 0.3) is 11.7 Å². The molecule has 0 spiro atoms. The molecule has 3 amide bonds. The summed E-state index contributed by atoms with van der Waals surface area (Å²) >= 11 is 0. The number of aromatic nitrogens is 8. The lowest BCUT2D eigenvalue weighted by Gasteiger charge is -2.42. The molecule has 3 saturated heterocycles. The molecule has 1 aromatic carbocycles. The predicted octanol–water partition coefficient (Wildman–Crippen LogP) is 7.70. The first-order chi connectivity index (χ1) is 63.2. The van der Waals surface area contributed by atoms with Crippen molar-refractivity contribution in [1.82, 2.24) is 59.3 Å². The van der Waals surface area contributed by atoms with Crippen molar-refractivity contribution in [3.63, 3.8) is 0 Å². The number of carbonyl (C=O) groups excluding carboxylic acids is 7. The number of aromatic amines is 1. The SMILES string of the molecule is CO[C@H]1C[C@@H]2CC[C@@H](C)[C@@](O)(O2)C(=O)C(=O)N2CCCC[C@H]2C(=O)O[C@H]([C@H](N)C[C@@H]2CC[C@@H](OC(=O)N3CCc4nc(N5CCN(CCOCCOCCOCCOCCOCCC(=O)N6CCc7cc(Cn8nc(-c9cnc%10[nH]ccc%10c9)c9c(N)ncnc98)ccc7C6)CC5)ncc4C3)[C@H](OC)C2)CC(=O)[C@H](C)/C=C(\C)[C@@H](O)[C@@H](O)C(=O)[C@H](C)C[C@H](C)/C=C/C=CC=C1C. The number of nitrogens with zero attached hydrogens (tertiary/aromatic N) is 12. The number of allylic oxidation sites excluding steroid dienone is 6. The van der Waals surface area contributed by atoms with Gasteiger partial charge < -0.3 is 98.7 Å². The molecule has 5 aromatic heterocycles. The number of benzene rings is 1. The van der Waals surface area contributed by atoms with E-state index >= 15 is 0 Å². The summed E-state index contributed by atoms with van der Waals surface area (Å²) in [6.45, 7) is 20.7.